The number of nitrogens with zero attached hydrogens (tertiary/aromatic N) is 2. The molecule has 2 rings (SSSR count). The quantitative estimate of drug-likeness (QED) is 0.859. The molecule has 0 aliphatic carbocycles. The van der Waals surface area contributed by atoms with E-state index in [-0.39, 0.29) is 5.54 Å². The molecular formula is C16H27N3O. The van der Waals surface area contributed by atoms with Crippen molar-refractivity contribution in [3.63, 3.8) is 0 Å². The molecule has 0 aromatic heterocycles. The van der Waals surface area contributed by atoms with Crippen LogP contribution in [0.1, 0.15) is 27.2 Å². The zero-order chi connectivity index (χ0) is 14.8. The molecule has 0 spiro atoms. The first-order valence-electron chi connectivity index (χ1n) is 7.42. The fourth-order valence-corrected chi connectivity index (χ4v) is 2.52. The summed E-state index contributed by atoms with van der Waals surface area (Å²) in [7, 11) is 2.19. The monoisotopic (exact) mass is 277 g/mol. The highest BCUT2D eigenvalue weighted by Gasteiger charge is 2.31. The van der Waals surface area contributed by atoms with Gasteiger partial charge in [-0.05, 0) is 39.4 Å². The highest BCUT2D eigenvalue weighted by molar-refractivity contribution is 5.62. The molecule has 0 bridgehead atoms. The Bertz CT molecular complexity index is 459. The lowest BCUT2D eigenvalue weighted by molar-refractivity contribution is 0.139. The van der Waals surface area contributed by atoms with Crippen molar-refractivity contribution in [2.24, 2.45) is 0 Å². The molecule has 4 heteroatoms. The molecule has 1 saturated heterocycles. The SMILES string of the molecule is CCCOc1cc(N2CCN(C)C(C)(C)C2)ccc1N. The van der Waals surface area contributed by atoms with Crippen molar-refractivity contribution in [2.75, 3.05) is 43.9 Å². The Morgan fingerprint density at radius 1 is 1.30 bits per heavy atom. The molecule has 0 radical (unpaired) electrons. The fraction of sp³-hybridized carbons (Fsp3) is 0.625. The van der Waals surface area contributed by atoms with Crippen molar-refractivity contribution in [1.29, 1.82) is 0 Å². The molecule has 0 amide bonds. The molecule has 1 aromatic carbocycles. The normalized spacial score (nSPS) is 19.1. The minimum atomic E-state index is 0.185. The second-order valence-electron chi connectivity index (χ2n) is 6.23. The van der Waals surface area contributed by atoms with Crippen molar-refractivity contribution in [3.05, 3.63) is 18.2 Å². The molecule has 2 N–H and O–H groups in total. The maximum atomic E-state index is 5.98. The smallest absolute Gasteiger partial charge is 0.144 e. The van der Waals surface area contributed by atoms with E-state index in [1.54, 1.807) is 0 Å². The van der Waals surface area contributed by atoms with Gasteiger partial charge in [-0.1, -0.05) is 6.92 Å². The first-order chi connectivity index (χ1) is 9.44. The van der Waals surface area contributed by atoms with Crippen molar-refractivity contribution in [1.82, 2.24) is 4.90 Å². The molecule has 112 valence electrons. The van der Waals surface area contributed by atoms with Gasteiger partial charge in [-0.15, -0.1) is 0 Å². The van der Waals surface area contributed by atoms with Gasteiger partial charge < -0.3 is 15.4 Å². The number of likely N-dealkylation sites (N-methyl/N-ethyl adjacent to an activating group) is 1. The summed E-state index contributed by atoms with van der Waals surface area (Å²) in [4.78, 5) is 4.83. The average molecular weight is 277 g/mol. The molecule has 1 aliphatic rings. The second kappa shape index (κ2) is 5.92. The van der Waals surface area contributed by atoms with E-state index >= 15 is 0 Å². The third-order valence-electron chi connectivity index (χ3n) is 4.14. The molecule has 1 aromatic rings. The van der Waals surface area contributed by atoms with Crippen LogP contribution in [0.3, 0.4) is 0 Å². The number of nitrogen functional groups attached to an aromatic ring is 1. The van der Waals surface area contributed by atoms with Gasteiger partial charge in [0.15, 0.2) is 0 Å². The average Bonchev–Trinajstić information content (AvgIpc) is 2.41. The zero-order valence-corrected chi connectivity index (χ0v) is 13.1. The second-order valence-corrected chi connectivity index (χ2v) is 6.23. The van der Waals surface area contributed by atoms with Gasteiger partial charge in [-0.25, -0.2) is 0 Å². The van der Waals surface area contributed by atoms with Crippen LogP contribution in [0.15, 0.2) is 18.2 Å². The predicted octanol–water partition coefficient (Wildman–Crippen LogP) is 2.59. The Balaban J connectivity index is 2.16. The van der Waals surface area contributed by atoms with E-state index in [0.717, 1.165) is 37.5 Å². The van der Waals surface area contributed by atoms with Crippen LogP contribution in [0, 0.1) is 0 Å². The topological polar surface area (TPSA) is 41.7 Å². The summed E-state index contributed by atoms with van der Waals surface area (Å²) in [5.74, 6) is 0.807. The third kappa shape index (κ3) is 3.18. The number of ether oxygens (including phenoxy) is 1. The molecule has 4 nitrogen and oxygen atoms in total. The van der Waals surface area contributed by atoms with Gasteiger partial charge in [0.05, 0.1) is 12.3 Å². The van der Waals surface area contributed by atoms with Gasteiger partial charge in [0, 0.05) is 36.9 Å². The van der Waals surface area contributed by atoms with Gasteiger partial charge in [-0.3, -0.25) is 4.90 Å². The summed E-state index contributed by atoms with van der Waals surface area (Å²) in [5.41, 5.74) is 8.09. The highest BCUT2D eigenvalue weighted by atomic mass is 16.5. The van der Waals surface area contributed by atoms with Crippen LogP contribution in [-0.2, 0) is 0 Å². The van der Waals surface area contributed by atoms with E-state index in [0.29, 0.717) is 6.61 Å². The van der Waals surface area contributed by atoms with E-state index in [9.17, 15) is 0 Å². The van der Waals surface area contributed by atoms with Crippen molar-refractivity contribution in [3.8, 4) is 5.75 Å². The number of benzene rings is 1. The van der Waals surface area contributed by atoms with Gasteiger partial charge in [0.25, 0.3) is 0 Å². The largest absolute Gasteiger partial charge is 0.491 e. The van der Waals surface area contributed by atoms with Crippen LogP contribution in [0.4, 0.5) is 11.4 Å². The van der Waals surface area contributed by atoms with E-state index in [4.69, 9.17) is 10.5 Å². The van der Waals surface area contributed by atoms with Crippen LogP contribution < -0.4 is 15.4 Å². The molecule has 0 unspecified atom stereocenters. The maximum Gasteiger partial charge on any atom is 0.144 e. The van der Waals surface area contributed by atoms with E-state index < -0.39 is 0 Å². The standard InChI is InChI=1S/C16H27N3O/c1-5-10-20-15-11-13(6-7-14(15)17)19-9-8-18(4)16(2,3)12-19/h6-7,11H,5,8-10,12,17H2,1-4H3. The van der Waals surface area contributed by atoms with Gasteiger partial charge in [-0.2, -0.15) is 0 Å². The van der Waals surface area contributed by atoms with Gasteiger partial charge in [0.2, 0.25) is 0 Å². The van der Waals surface area contributed by atoms with E-state index in [1.807, 2.05) is 6.07 Å². The lowest BCUT2D eigenvalue weighted by atomic mass is 9.99. The summed E-state index contributed by atoms with van der Waals surface area (Å²) in [5, 5.41) is 0. The van der Waals surface area contributed by atoms with Gasteiger partial charge in [0.1, 0.15) is 5.75 Å². The molecule has 1 heterocycles. The van der Waals surface area contributed by atoms with Crippen LogP contribution >= 0.6 is 0 Å². The Hall–Kier alpha value is -1.42. The first kappa shape index (κ1) is 15.0. The molecule has 1 fully saturated rings. The van der Waals surface area contributed by atoms with Crippen LogP contribution in [-0.4, -0.2) is 43.7 Å². The first-order valence-corrected chi connectivity index (χ1v) is 7.42. The number of piperazine rings is 1. The maximum absolute atomic E-state index is 5.98. The summed E-state index contributed by atoms with van der Waals surface area (Å²) in [6, 6.07) is 6.12. The van der Waals surface area contributed by atoms with E-state index in [1.165, 1.54) is 5.69 Å². The number of anilines is 2. The zero-order valence-electron chi connectivity index (χ0n) is 13.1. The lowest BCUT2D eigenvalue weighted by Gasteiger charge is -2.46. The number of rotatable bonds is 4. The summed E-state index contributed by atoms with van der Waals surface area (Å²) in [6.45, 7) is 10.5. The summed E-state index contributed by atoms with van der Waals surface area (Å²) < 4.78 is 5.73. The Labute approximate surface area is 122 Å². The molecule has 0 atom stereocenters. The van der Waals surface area contributed by atoms with Crippen LogP contribution in [0.2, 0.25) is 0 Å². The lowest BCUT2D eigenvalue weighted by Crippen LogP contribution is -2.57. The molecule has 20 heavy (non-hydrogen) atoms. The highest BCUT2D eigenvalue weighted by Crippen LogP contribution is 2.30. The predicted molar refractivity (Wildman–Crippen MR) is 85.6 cm³/mol. The molecule has 0 saturated carbocycles. The Morgan fingerprint density at radius 3 is 2.70 bits per heavy atom. The Kier molecular flexibility index (Phi) is 4.43. The number of hydrogen-bond donors (Lipinski definition) is 1. The van der Waals surface area contributed by atoms with Crippen molar-refractivity contribution < 1.29 is 4.74 Å². The van der Waals surface area contributed by atoms with E-state index in [2.05, 4.69) is 49.8 Å². The summed E-state index contributed by atoms with van der Waals surface area (Å²) >= 11 is 0. The van der Waals surface area contributed by atoms with Crippen molar-refractivity contribution in [2.45, 2.75) is 32.7 Å². The fourth-order valence-electron chi connectivity index (χ4n) is 2.52. The molecular weight excluding hydrogens is 250 g/mol. The Morgan fingerprint density at radius 2 is 2.05 bits per heavy atom. The number of hydrogen-bond acceptors (Lipinski definition) is 4. The molecule has 1 aliphatic heterocycles. The van der Waals surface area contributed by atoms with Crippen LogP contribution in [0.5, 0.6) is 5.75 Å². The number of nitrogens with two attached hydrogens (primary N) is 1. The summed E-state index contributed by atoms with van der Waals surface area (Å²) in [6.07, 6.45) is 0.991. The van der Waals surface area contributed by atoms with Gasteiger partial charge >= 0.3 is 0 Å². The minimum absolute atomic E-state index is 0.185. The van der Waals surface area contributed by atoms with Crippen LogP contribution in [0.25, 0.3) is 0 Å². The minimum Gasteiger partial charge on any atom is -0.491 e. The third-order valence-corrected chi connectivity index (χ3v) is 4.14. The van der Waals surface area contributed by atoms with Crippen molar-refractivity contribution >= 4 is 11.4 Å².